The third kappa shape index (κ3) is 4.29. The predicted molar refractivity (Wildman–Crippen MR) is 86.1 cm³/mol. The minimum Gasteiger partial charge on any atom is -0.396 e. The molecular formula is C16H21FN4O2. The van der Waals surface area contributed by atoms with Gasteiger partial charge in [0.15, 0.2) is 5.82 Å². The first-order valence-corrected chi connectivity index (χ1v) is 7.41. The second kappa shape index (κ2) is 7.23. The van der Waals surface area contributed by atoms with Crippen LogP contribution in [0.25, 0.3) is 5.69 Å². The molecule has 1 aromatic heterocycles. The van der Waals surface area contributed by atoms with Gasteiger partial charge in [-0.25, -0.2) is 13.9 Å². The van der Waals surface area contributed by atoms with Crippen molar-refractivity contribution < 1.29 is 14.3 Å². The van der Waals surface area contributed by atoms with Crippen LogP contribution >= 0.6 is 0 Å². The smallest absolute Gasteiger partial charge is 0.320 e. The van der Waals surface area contributed by atoms with E-state index in [1.807, 2.05) is 13.8 Å². The molecule has 2 atom stereocenters. The van der Waals surface area contributed by atoms with Crippen LogP contribution in [0.3, 0.4) is 0 Å². The van der Waals surface area contributed by atoms with Crippen molar-refractivity contribution in [3.63, 3.8) is 0 Å². The SMILES string of the molecule is Cc1cc(F)ccc1-n1ccc(NC(=O)N[C@@H](C)[C@H](C)CO)n1. The molecule has 7 heteroatoms. The van der Waals surface area contributed by atoms with Gasteiger partial charge in [-0.15, -0.1) is 5.10 Å². The Morgan fingerprint density at radius 1 is 1.39 bits per heavy atom. The van der Waals surface area contributed by atoms with E-state index in [2.05, 4.69) is 15.7 Å². The van der Waals surface area contributed by atoms with Gasteiger partial charge >= 0.3 is 6.03 Å². The topological polar surface area (TPSA) is 79.2 Å². The summed E-state index contributed by atoms with van der Waals surface area (Å²) >= 11 is 0. The van der Waals surface area contributed by atoms with E-state index >= 15 is 0 Å². The zero-order chi connectivity index (χ0) is 17.0. The number of urea groups is 1. The molecule has 0 aliphatic heterocycles. The molecular weight excluding hydrogens is 299 g/mol. The number of carbonyl (C=O) groups is 1. The second-order valence-corrected chi connectivity index (χ2v) is 5.62. The fourth-order valence-corrected chi connectivity index (χ4v) is 2.06. The number of hydrogen-bond acceptors (Lipinski definition) is 3. The first kappa shape index (κ1) is 17.0. The van der Waals surface area contributed by atoms with Gasteiger partial charge in [0.05, 0.1) is 5.69 Å². The summed E-state index contributed by atoms with van der Waals surface area (Å²) in [5.74, 6) is 0.0402. The number of nitrogens with zero attached hydrogens (tertiary/aromatic N) is 2. The number of aryl methyl sites for hydroxylation is 1. The molecule has 0 bridgehead atoms. The van der Waals surface area contributed by atoms with Crippen molar-refractivity contribution in [3.05, 3.63) is 41.8 Å². The maximum Gasteiger partial charge on any atom is 0.320 e. The number of aliphatic hydroxyl groups excluding tert-OH is 1. The fourth-order valence-electron chi connectivity index (χ4n) is 2.06. The van der Waals surface area contributed by atoms with Gasteiger partial charge in [0, 0.05) is 24.9 Å². The second-order valence-electron chi connectivity index (χ2n) is 5.62. The number of carbonyl (C=O) groups excluding carboxylic acids is 1. The van der Waals surface area contributed by atoms with Gasteiger partial charge in [-0.2, -0.15) is 0 Å². The monoisotopic (exact) mass is 320 g/mol. The molecule has 0 saturated carbocycles. The molecule has 23 heavy (non-hydrogen) atoms. The zero-order valence-corrected chi connectivity index (χ0v) is 13.4. The summed E-state index contributed by atoms with van der Waals surface area (Å²) < 4.78 is 14.7. The number of rotatable bonds is 5. The Kier molecular flexibility index (Phi) is 5.33. The van der Waals surface area contributed by atoms with Gasteiger partial charge < -0.3 is 10.4 Å². The Balaban J connectivity index is 2.03. The lowest BCUT2D eigenvalue weighted by atomic mass is 10.1. The Labute approximate surface area is 134 Å². The lowest BCUT2D eigenvalue weighted by Crippen LogP contribution is -2.40. The highest BCUT2D eigenvalue weighted by Gasteiger charge is 2.14. The quantitative estimate of drug-likeness (QED) is 0.792. The van der Waals surface area contributed by atoms with Gasteiger partial charge in [0.1, 0.15) is 5.82 Å². The summed E-state index contributed by atoms with van der Waals surface area (Å²) in [5.41, 5.74) is 1.48. The summed E-state index contributed by atoms with van der Waals surface area (Å²) in [4.78, 5) is 11.9. The van der Waals surface area contributed by atoms with Crippen LogP contribution in [0.5, 0.6) is 0 Å². The molecule has 2 rings (SSSR count). The molecule has 1 aromatic carbocycles. The van der Waals surface area contributed by atoms with E-state index in [0.717, 1.165) is 11.3 Å². The van der Waals surface area contributed by atoms with E-state index in [0.29, 0.717) is 5.82 Å². The molecule has 0 radical (unpaired) electrons. The molecule has 1 heterocycles. The molecule has 0 saturated heterocycles. The number of aromatic nitrogens is 2. The van der Waals surface area contributed by atoms with Crippen molar-refractivity contribution in [1.82, 2.24) is 15.1 Å². The molecule has 0 spiro atoms. The number of halogens is 1. The number of hydrogen-bond donors (Lipinski definition) is 3. The Hall–Kier alpha value is -2.41. The van der Waals surface area contributed by atoms with E-state index in [9.17, 15) is 9.18 Å². The molecule has 2 aromatic rings. The average Bonchev–Trinajstić information content (AvgIpc) is 2.94. The van der Waals surface area contributed by atoms with Crippen molar-refractivity contribution in [2.75, 3.05) is 11.9 Å². The number of aliphatic hydroxyl groups is 1. The lowest BCUT2D eigenvalue weighted by Gasteiger charge is -2.19. The summed E-state index contributed by atoms with van der Waals surface area (Å²) in [7, 11) is 0. The fraction of sp³-hybridized carbons (Fsp3) is 0.375. The summed E-state index contributed by atoms with van der Waals surface area (Å²) in [6.45, 7) is 5.45. The molecule has 2 amide bonds. The van der Waals surface area contributed by atoms with Gasteiger partial charge in [-0.1, -0.05) is 6.92 Å². The molecule has 124 valence electrons. The number of anilines is 1. The lowest BCUT2D eigenvalue weighted by molar-refractivity contribution is 0.204. The van der Waals surface area contributed by atoms with Gasteiger partial charge in [0.2, 0.25) is 0 Å². The number of benzene rings is 1. The molecule has 3 N–H and O–H groups in total. The first-order chi connectivity index (χ1) is 10.9. The van der Waals surface area contributed by atoms with Crippen LogP contribution in [0, 0.1) is 18.7 Å². The van der Waals surface area contributed by atoms with E-state index in [4.69, 9.17) is 5.11 Å². The van der Waals surface area contributed by atoms with Crippen LogP contribution in [0.4, 0.5) is 15.0 Å². The third-order valence-electron chi connectivity index (χ3n) is 3.74. The molecule has 0 unspecified atom stereocenters. The Morgan fingerprint density at radius 3 is 2.78 bits per heavy atom. The van der Waals surface area contributed by atoms with Crippen LogP contribution in [-0.2, 0) is 0 Å². The van der Waals surface area contributed by atoms with Crippen LogP contribution in [-0.4, -0.2) is 33.6 Å². The normalized spacial score (nSPS) is 13.4. The standard InChI is InChI=1S/C16H21FN4O2/c1-10-8-13(17)4-5-14(10)21-7-6-15(20-21)19-16(23)18-12(3)11(2)9-22/h4-8,11-12,22H,9H2,1-3H3,(H2,18,19,20,23)/t11-,12+/m1/s1. The minimum absolute atomic E-state index is 0.0000821. The van der Waals surface area contributed by atoms with E-state index in [1.54, 1.807) is 29.9 Å². The molecule has 0 aliphatic carbocycles. The van der Waals surface area contributed by atoms with Crippen LogP contribution in [0.2, 0.25) is 0 Å². The predicted octanol–water partition coefficient (Wildman–Crippen LogP) is 2.46. The average molecular weight is 320 g/mol. The van der Waals surface area contributed by atoms with Crippen molar-refractivity contribution in [1.29, 1.82) is 0 Å². The van der Waals surface area contributed by atoms with Crippen LogP contribution in [0.1, 0.15) is 19.4 Å². The van der Waals surface area contributed by atoms with Gasteiger partial charge in [0.25, 0.3) is 0 Å². The minimum atomic E-state index is -0.390. The number of amides is 2. The van der Waals surface area contributed by atoms with E-state index < -0.39 is 0 Å². The van der Waals surface area contributed by atoms with E-state index in [-0.39, 0.29) is 30.4 Å². The van der Waals surface area contributed by atoms with Crippen molar-refractivity contribution in [3.8, 4) is 5.69 Å². The van der Waals surface area contributed by atoms with Gasteiger partial charge in [-0.3, -0.25) is 5.32 Å². The first-order valence-electron chi connectivity index (χ1n) is 7.41. The highest BCUT2D eigenvalue weighted by atomic mass is 19.1. The zero-order valence-electron chi connectivity index (χ0n) is 13.4. The summed E-state index contributed by atoms with van der Waals surface area (Å²) in [6.07, 6.45) is 1.69. The summed E-state index contributed by atoms with van der Waals surface area (Å²) in [5, 5.41) is 18.7. The highest BCUT2D eigenvalue weighted by Crippen LogP contribution is 2.16. The van der Waals surface area contributed by atoms with Crippen LogP contribution < -0.4 is 10.6 Å². The maximum absolute atomic E-state index is 13.1. The van der Waals surface area contributed by atoms with Crippen molar-refractivity contribution in [2.24, 2.45) is 5.92 Å². The maximum atomic E-state index is 13.1. The molecule has 0 aliphatic rings. The summed E-state index contributed by atoms with van der Waals surface area (Å²) in [6, 6.07) is 5.52. The van der Waals surface area contributed by atoms with Gasteiger partial charge in [-0.05, 0) is 43.5 Å². The number of nitrogens with one attached hydrogen (secondary N) is 2. The van der Waals surface area contributed by atoms with Crippen molar-refractivity contribution >= 4 is 11.8 Å². The molecule has 6 nitrogen and oxygen atoms in total. The third-order valence-corrected chi connectivity index (χ3v) is 3.74. The van der Waals surface area contributed by atoms with E-state index in [1.165, 1.54) is 12.1 Å². The van der Waals surface area contributed by atoms with Crippen LogP contribution in [0.15, 0.2) is 30.5 Å². The largest absolute Gasteiger partial charge is 0.396 e. The molecule has 0 fully saturated rings. The highest BCUT2D eigenvalue weighted by molar-refractivity contribution is 5.88. The Morgan fingerprint density at radius 2 is 2.13 bits per heavy atom. The Bertz CT molecular complexity index is 686. The van der Waals surface area contributed by atoms with Crippen molar-refractivity contribution in [2.45, 2.75) is 26.8 Å².